The lowest BCUT2D eigenvalue weighted by Crippen LogP contribution is -2.41. The molecule has 0 saturated heterocycles. The van der Waals surface area contributed by atoms with Crippen LogP contribution in [0.15, 0.2) is 59.5 Å². The van der Waals surface area contributed by atoms with Crippen molar-refractivity contribution in [1.82, 2.24) is 25.3 Å². The molecule has 1 unspecified atom stereocenters. The number of H-pyrrole nitrogens is 1. The lowest BCUT2D eigenvalue weighted by Gasteiger charge is -2.24. The van der Waals surface area contributed by atoms with Gasteiger partial charge in [-0.25, -0.2) is 33.5 Å². The predicted molar refractivity (Wildman–Crippen MR) is 229 cm³/mol. The number of urea groups is 1. The molecule has 0 aliphatic rings. The number of aromatic nitrogens is 4. The first-order valence-electron chi connectivity index (χ1n) is 19.8. The summed E-state index contributed by atoms with van der Waals surface area (Å²) in [5.41, 5.74) is -0.223. The predicted octanol–water partition coefficient (Wildman–Crippen LogP) is 4.94. The fourth-order valence-electron chi connectivity index (χ4n) is 5.38. The zero-order chi connectivity index (χ0) is 47.6. The average molecular weight is 951 g/mol. The lowest BCUT2D eigenvalue weighted by molar-refractivity contribution is -0.140. The topological polar surface area (TPSA) is 344 Å². The Morgan fingerprint density at radius 1 is 0.800 bits per heavy atom. The van der Waals surface area contributed by atoms with Crippen molar-refractivity contribution in [2.45, 2.75) is 59.2 Å². The number of carboxylic acids is 2. The van der Waals surface area contributed by atoms with Gasteiger partial charge in [-0.05, 0) is 70.5 Å². The van der Waals surface area contributed by atoms with Crippen molar-refractivity contribution in [1.29, 1.82) is 0 Å². The van der Waals surface area contributed by atoms with E-state index in [1.807, 2.05) is 0 Å². The summed E-state index contributed by atoms with van der Waals surface area (Å²) in [6.45, 7) is 4.89. The van der Waals surface area contributed by atoms with E-state index in [1.54, 1.807) is 39.8 Å². The van der Waals surface area contributed by atoms with Gasteiger partial charge in [-0.3, -0.25) is 51.8 Å². The van der Waals surface area contributed by atoms with Crippen LogP contribution in [0.1, 0.15) is 66.9 Å². The number of fused-ring (bicyclic) bond motifs is 1. The molecule has 4 rings (SSSR count). The van der Waals surface area contributed by atoms with Gasteiger partial charge in [-0.1, -0.05) is 12.1 Å². The zero-order valence-corrected chi connectivity index (χ0v) is 37.3. The number of nitrogens with one attached hydrogen (secondary N) is 5. The molecule has 2 heterocycles. The molecule has 25 nitrogen and oxygen atoms in total. The van der Waals surface area contributed by atoms with E-state index < -0.39 is 82.8 Å². The summed E-state index contributed by atoms with van der Waals surface area (Å²) in [4.78, 5) is 89.3. The molecule has 2 atom stereocenters. The van der Waals surface area contributed by atoms with Gasteiger partial charge in [-0.15, -0.1) is 0 Å². The van der Waals surface area contributed by atoms with E-state index in [2.05, 4.69) is 41.2 Å². The number of carbonyl (C=O) groups excluding carboxylic acids is 3. The highest BCUT2D eigenvalue weighted by molar-refractivity contribution is 7.48. The number of rotatable bonds is 27. The molecule has 0 spiro atoms. The first-order chi connectivity index (χ1) is 31.0. The van der Waals surface area contributed by atoms with Crippen molar-refractivity contribution in [3.05, 3.63) is 81.9 Å². The molecule has 0 fully saturated rings. The molecule has 2 aromatic carbocycles. The largest absolute Gasteiger partial charge is 0.481 e. The Morgan fingerprint density at radius 3 is 2.08 bits per heavy atom. The van der Waals surface area contributed by atoms with E-state index in [-0.39, 0.29) is 73.3 Å². The third-order valence-corrected chi connectivity index (χ3v) is 11.5. The number of esters is 1. The number of para-hydroxylation sites is 1. The highest BCUT2D eigenvalue weighted by Gasteiger charge is 2.34. The normalized spacial score (nSPS) is 12.5. The Morgan fingerprint density at radius 2 is 1.45 bits per heavy atom. The minimum absolute atomic E-state index is 0.0268. The molecule has 352 valence electrons. The van der Waals surface area contributed by atoms with Gasteiger partial charge >= 0.3 is 39.6 Å². The van der Waals surface area contributed by atoms with Gasteiger partial charge < -0.3 is 30.9 Å². The third kappa shape index (κ3) is 16.1. The number of phosphoric ester groups is 2. The van der Waals surface area contributed by atoms with Crippen LogP contribution >= 0.6 is 15.6 Å². The molecule has 27 heteroatoms. The molecule has 2 aromatic heterocycles. The van der Waals surface area contributed by atoms with Crippen LogP contribution < -0.4 is 26.8 Å². The summed E-state index contributed by atoms with van der Waals surface area (Å²) in [6, 6.07) is 9.36. The van der Waals surface area contributed by atoms with E-state index in [0.29, 0.717) is 11.4 Å². The number of benzene rings is 2. The maximum absolute atomic E-state index is 13.4. The quantitative estimate of drug-likeness (QED) is 0.0307. The van der Waals surface area contributed by atoms with Crippen molar-refractivity contribution in [2.24, 2.45) is 0 Å². The van der Waals surface area contributed by atoms with E-state index >= 15 is 0 Å². The highest BCUT2D eigenvalue weighted by Crippen LogP contribution is 2.52. The number of phosphoric acid groups is 2. The molecule has 0 radical (unpaired) electrons. The number of nitrogens with zero attached hydrogens (tertiary/aromatic N) is 3. The number of hydrogen-bond acceptors (Lipinski definition) is 19. The highest BCUT2D eigenvalue weighted by atomic mass is 31.2. The standard InChI is InChI=1S/C38H48N8O17P2/c1-5-58-64(55,59-6-2)62-22-26(63-65(56,60-7-3)61-8-4)21-57-36(53)27-11-9-10-12-28(27)43-38(54)46-37-44-32-31(34(50)45-37)41-25(20-40-32)19-39-24-15-13-23(14-16-24)33(49)42-29(35(51)52)17-18-30(47)48/h9-16,20,26,29,39H,5-8,17-19,21-22H2,1-4H3,(H,42,49)(H,47,48)(H,51,52)(H3,40,43,44,45,46,50,54)/t26?,29-/m0/s1. The van der Waals surface area contributed by atoms with Gasteiger partial charge in [0, 0.05) is 17.7 Å². The molecule has 0 aliphatic carbocycles. The van der Waals surface area contributed by atoms with Crippen molar-refractivity contribution in [3.63, 3.8) is 0 Å². The second-order valence-corrected chi connectivity index (χ2v) is 16.3. The molecule has 0 saturated carbocycles. The van der Waals surface area contributed by atoms with Crippen molar-refractivity contribution in [2.75, 3.05) is 55.6 Å². The first-order valence-corrected chi connectivity index (χ1v) is 22.7. The first kappa shape index (κ1) is 51.5. The average Bonchev–Trinajstić information content (AvgIpc) is 3.25. The van der Waals surface area contributed by atoms with Crippen LogP contribution in [0.5, 0.6) is 0 Å². The van der Waals surface area contributed by atoms with Crippen molar-refractivity contribution in [3.8, 4) is 0 Å². The van der Waals surface area contributed by atoms with Gasteiger partial charge in [0.15, 0.2) is 11.2 Å². The number of aliphatic carboxylic acids is 2. The van der Waals surface area contributed by atoms with Gasteiger partial charge in [0.1, 0.15) is 18.8 Å². The van der Waals surface area contributed by atoms with E-state index in [9.17, 15) is 43.0 Å². The van der Waals surface area contributed by atoms with Crippen LogP contribution in [0, 0.1) is 0 Å². The molecular formula is C38H48N8O17P2. The molecule has 4 aromatic rings. The summed E-state index contributed by atoms with van der Waals surface area (Å²) in [5, 5.41) is 28.3. The zero-order valence-electron chi connectivity index (χ0n) is 35.5. The summed E-state index contributed by atoms with van der Waals surface area (Å²) in [5.74, 6) is -4.56. The number of ether oxygens (including phenoxy) is 1. The SMILES string of the molecule is CCOP(=O)(OCC)OCC(COC(=O)c1ccccc1NC(=O)Nc1nc2ncc(CNc3ccc(C(=O)N[C@@H](CCC(=O)O)C(=O)O)cc3)nc2c(=O)[nH]1)OP(=O)(OCC)OCC. The van der Waals surface area contributed by atoms with Crippen LogP contribution in [-0.2, 0) is 57.1 Å². The van der Waals surface area contributed by atoms with Crippen LogP contribution in [-0.4, -0.2) is 112 Å². The van der Waals surface area contributed by atoms with Crippen LogP contribution in [0.2, 0.25) is 0 Å². The Balaban J connectivity index is 1.38. The van der Waals surface area contributed by atoms with Crippen LogP contribution in [0.3, 0.4) is 0 Å². The van der Waals surface area contributed by atoms with Crippen LogP contribution in [0.4, 0.5) is 22.1 Å². The number of carbonyl (C=O) groups is 5. The fraction of sp³-hybridized carbons (Fsp3) is 0.395. The molecule has 3 amide bonds. The number of aromatic amines is 1. The summed E-state index contributed by atoms with van der Waals surface area (Å²) < 4.78 is 63.1. The van der Waals surface area contributed by atoms with Crippen LogP contribution in [0.25, 0.3) is 11.2 Å². The Labute approximate surface area is 370 Å². The summed E-state index contributed by atoms with van der Waals surface area (Å²) >= 11 is 0. The van der Waals surface area contributed by atoms with E-state index in [4.69, 9.17) is 37.0 Å². The monoisotopic (exact) mass is 950 g/mol. The number of carboxylic acid groups (broad SMARTS) is 2. The summed E-state index contributed by atoms with van der Waals surface area (Å²) in [7, 11) is -8.30. The maximum atomic E-state index is 13.4. The molecule has 0 bridgehead atoms. The number of amides is 3. The van der Waals surface area contributed by atoms with E-state index in [0.717, 1.165) is 0 Å². The number of anilines is 3. The molecule has 65 heavy (non-hydrogen) atoms. The second-order valence-electron chi connectivity index (χ2n) is 13.0. The Bertz CT molecular complexity index is 2440. The summed E-state index contributed by atoms with van der Waals surface area (Å²) in [6.07, 6.45) is -0.773. The maximum Gasteiger partial charge on any atom is 0.475 e. The van der Waals surface area contributed by atoms with Crippen molar-refractivity contribution >= 4 is 74.0 Å². The van der Waals surface area contributed by atoms with E-state index in [1.165, 1.54) is 42.6 Å². The number of hydrogen-bond donors (Lipinski definition) is 7. The van der Waals surface area contributed by atoms with Crippen molar-refractivity contribution < 1.29 is 75.2 Å². The smallest absolute Gasteiger partial charge is 0.475 e. The van der Waals surface area contributed by atoms with Gasteiger partial charge in [-0.2, -0.15) is 4.98 Å². The van der Waals surface area contributed by atoms with Gasteiger partial charge in [0.05, 0.1) is 62.7 Å². The minimum atomic E-state index is -4.21. The third-order valence-electron chi connectivity index (χ3n) is 8.21. The molecular weight excluding hydrogens is 902 g/mol. The second kappa shape index (κ2) is 24.8. The fourth-order valence-corrected chi connectivity index (χ4v) is 7.90. The lowest BCUT2D eigenvalue weighted by atomic mass is 10.1. The Kier molecular flexibility index (Phi) is 19.6. The molecule has 7 N–H and O–H groups in total. The van der Waals surface area contributed by atoms with Gasteiger partial charge in [0.25, 0.3) is 11.5 Å². The minimum Gasteiger partial charge on any atom is -0.481 e. The van der Waals surface area contributed by atoms with Gasteiger partial charge in [0.2, 0.25) is 5.95 Å². The Hall–Kier alpha value is -6.17. The molecule has 0 aliphatic heterocycles.